The number of rotatable bonds is 9. The lowest BCUT2D eigenvalue weighted by molar-refractivity contribution is 0.204. The highest BCUT2D eigenvalue weighted by atomic mass is 16.3. The number of hydrogen-bond donors (Lipinski definition) is 1. The smallest absolute Gasteiger partial charge is 0.115 e. The van der Waals surface area contributed by atoms with Crippen molar-refractivity contribution >= 4 is 0 Å². The van der Waals surface area contributed by atoms with Crippen molar-refractivity contribution in [3.05, 3.63) is 102 Å². The molecule has 0 aliphatic carbocycles. The lowest BCUT2D eigenvalue weighted by Crippen LogP contribution is -2.30. The Kier molecular flexibility index (Phi) is 7.27. The Morgan fingerprint density at radius 1 is 0.786 bits per heavy atom. The van der Waals surface area contributed by atoms with E-state index < -0.39 is 0 Å². The molecule has 2 unspecified atom stereocenters. The van der Waals surface area contributed by atoms with Crippen LogP contribution < -0.4 is 0 Å². The Morgan fingerprint density at radius 3 is 1.86 bits per heavy atom. The monoisotopic (exact) mass is 373 g/mol. The van der Waals surface area contributed by atoms with Crippen molar-refractivity contribution in [3.63, 3.8) is 0 Å². The van der Waals surface area contributed by atoms with Gasteiger partial charge in [0.25, 0.3) is 0 Å². The van der Waals surface area contributed by atoms with Crippen LogP contribution in [0.4, 0.5) is 0 Å². The molecule has 0 spiro atoms. The molecule has 0 fully saturated rings. The maximum atomic E-state index is 9.90. The third-order valence-corrected chi connectivity index (χ3v) is 5.47. The molecule has 0 aliphatic rings. The van der Waals surface area contributed by atoms with E-state index in [9.17, 15) is 5.11 Å². The third kappa shape index (κ3) is 5.71. The first-order valence-corrected chi connectivity index (χ1v) is 10.2. The van der Waals surface area contributed by atoms with Crippen LogP contribution in [0, 0.1) is 5.92 Å². The van der Waals surface area contributed by atoms with Gasteiger partial charge < -0.3 is 5.11 Å². The van der Waals surface area contributed by atoms with E-state index in [0.717, 1.165) is 26.1 Å². The van der Waals surface area contributed by atoms with E-state index in [-0.39, 0.29) is 0 Å². The molecule has 3 aromatic carbocycles. The average molecular weight is 374 g/mol. The minimum atomic E-state index is 0.355. The molecule has 2 atom stereocenters. The van der Waals surface area contributed by atoms with E-state index in [0.29, 0.717) is 17.6 Å². The summed E-state index contributed by atoms with van der Waals surface area (Å²) in [5, 5.41) is 9.90. The van der Waals surface area contributed by atoms with Gasteiger partial charge in [-0.2, -0.15) is 0 Å². The summed E-state index contributed by atoms with van der Waals surface area (Å²) in [6.07, 6.45) is 1.06. The van der Waals surface area contributed by atoms with E-state index in [1.165, 1.54) is 16.7 Å². The highest BCUT2D eigenvalue weighted by Crippen LogP contribution is 2.31. The summed E-state index contributed by atoms with van der Waals surface area (Å²) >= 11 is 0. The lowest BCUT2D eigenvalue weighted by Gasteiger charge is -2.30. The van der Waals surface area contributed by atoms with Gasteiger partial charge in [0.1, 0.15) is 5.75 Å². The van der Waals surface area contributed by atoms with Crippen LogP contribution in [0.3, 0.4) is 0 Å². The highest BCUT2D eigenvalue weighted by Gasteiger charge is 2.21. The second-order valence-electron chi connectivity index (χ2n) is 7.73. The molecule has 0 radical (unpaired) electrons. The van der Waals surface area contributed by atoms with Crippen LogP contribution in [0.5, 0.6) is 5.75 Å². The zero-order valence-corrected chi connectivity index (χ0v) is 17.0. The second-order valence-corrected chi connectivity index (χ2v) is 7.73. The molecule has 2 heteroatoms. The molecule has 0 amide bonds. The van der Waals surface area contributed by atoms with Gasteiger partial charge in [0.2, 0.25) is 0 Å². The van der Waals surface area contributed by atoms with E-state index in [4.69, 9.17) is 0 Å². The molecular weight excluding hydrogens is 342 g/mol. The molecule has 0 bridgehead atoms. The average Bonchev–Trinajstić information content (AvgIpc) is 2.70. The summed E-state index contributed by atoms with van der Waals surface area (Å²) in [6.45, 7) is 7.47. The molecular formula is C26H31NO. The Balaban J connectivity index is 1.76. The minimum Gasteiger partial charge on any atom is -0.508 e. The molecule has 0 aromatic heterocycles. The van der Waals surface area contributed by atoms with Crippen LogP contribution in [-0.2, 0) is 13.1 Å². The number of phenolic OH excluding ortho intramolecular Hbond substituents is 1. The molecule has 1 N–H and O–H groups in total. The maximum absolute atomic E-state index is 9.90. The molecule has 0 aliphatic heterocycles. The van der Waals surface area contributed by atoms with Crippen molar-refractivity contribution in [3.8, 4) is 5.75 Å². The number of benzene rings is 3. The van der Waals surface area contributed by atoms with Crippen molar-refractivity contribution in [1.82, 2.24) is 4.90 Å². The topological polar surface area (TPSA) is 23.5 Å². The summed E-state index contributed by atoms with van der Waals surface area (Å²) in [5.41, 5.74) is 3.92. The molecule has 0 saturated carbocycles. The molecule has 3 rings (SSSR count). The van der Waals surface area contributed by atoms with Gasteiger partial charge in [-0.3, -0.25) is 4.90 Å². The Morgan fingerprint density at radius 2 is 1.36 bits per heavy atom. The Labute approximate surface area is 169 Å². The van der Waals surface area contributed by atoms with Crippen molar-refractivity contribution in [1.29, 1.82) is 0 Å². The summed E-state index contributed by atoms with van der Waals surface area (Å²) in [7, 11) is 0. The lowest BCUT2D eigenvalue weighted by atomic mass is 9.84. The quantitative estimate of drug-likeness (QED) is 0.481. The fraction of sp³-hybridized carbons (Fsp3) is 0.308. The first-order chi connectivity index (χ1) is 13.7. The van der Waals surface area contributed by atoms with Crippen molar-refractivity contribution in [2.24, 2.45) is 5.92 Å². The number of aromatic hydroxyl groups is 1. The van der Waals surface area contributed by atoms with E-state index in [1.54, 1.807) is 6.07 Å². The summed E-state index contributed by atoms with van der Waals surface area (Å²) < 4.78 is 0. The van der Waals surface area contributed by atoms with Crippen LogP contribution in [0.15, 0.2) is 84.9 Å². The zero-order valence-electron chi connectivity index (χ0n) is 17.0. The summed E-state index contributed by atoms with van der Waals surface area (Å²) in [4.78, 5) is 2.54. The van der Waals surface area contributed by atoms with Crippen LogP contribution in [0.25, 0.3) is 0 Å². The molecule has 28 heavy (non-hydrogen) atoms. The fourth-order valence-electron chi connectivity index (χ4n) is 4.12. The minimum absolute atomic E-state index is 0.355. The van der Waals surface area contributed by atoms with Gasteiger partial charge in [0.15, 0.2) is 0 Å². The first kappa shape index (κ1) is 20.2. The standard InChI is InChI=1S/C26H31NO/c1-3-26(24-15-10-16-25(28)17-24)21(2)18-27(19-22-11-6-4-7-12-22)20-23-13-8-5-9-14-23/h4-17,21,26,28H,3,18-20H2,1-2H3. The Hall–Kier alpha value is -2.58. The Bertz CT molecular complexity index is 790. The molecule has 2 nitrogen and oxygen atoms in total. The van der Waals surface area contributed by atoms with Gasteiger partial charge in [0.05, 0.1) is 0 Å². The van der Waals surface area contributed by atoms with Gasteiger partial charge in [0, 0.05) is 19.6 Å². The van der Waals surface area contributed by atoms with Gasteiger partial charge in [-0.1, -0.05) is 86.6 Å². The van der Waals surface area contributed by atoms with Crippen LogP contribution in [0.2, 0.25) is 0 Å². The van der Waals surface area contributed by atoms with Gasteiger partial charge in [-0.15, -0.1) is 0 Å². The summed E-state index contributed by atoms with van der Waals surface area (Å²) in [6, 6.07) is 29.2. The van der Waals surface area contributed by atoms with Crippen molar-refractivity contribution in [2.45, 2.75) is 39.3 Å². The van der Waals surface area contributed by atoms with Crippen LogP contribution in [0.1, 0.15) is 42.9 Å². The molecule has 0 saturated heterocycles. The van der Waals surface area contributed by atoms with E-state index >= 15 is 0 Å². The number of hydrogen-bond acceptors (Lipinski definition) is 2. The third-order valence-electron chi connectivity index (χ3n) is 5.47. The van der Waals surface area contributed by atoms with Crippen LogP contribution in [-0.4, -0.2) is 16.6 Å². The van der Waals surface area contributed by atoms with E-state index in [1.807, 2.05) is 12.1 Å². The van der Waals surface area contributed by atoms with Gasteiger partial charge >= 0.3 is 0 Å². The fourth-order valence-corrected chi connectivity index (χ4v) is 4.12. The SMILES string of the molecule is CCC(c1cccc(O)c1)C(C)CN(Cc1ccccc1)Cc1ccccc1. The maximum Gasteiger partial charge on any atom is 0.115 e. The first-order valence-electron chi connectivity index (χ1n) is 10.2. The second kappa shape index (κ2) is 10.1. The molecule has 0 heterocycles. The predicted octanol–water partition coefficient (Wildman–Crippen LogP) is 6.22. The highest BCUT2D eigenvalue weighted by molar-refractivity contribution is 5.30. The van der Waals surface area contributed by atoms with Crippen LogP contribution >= 0.6 is 0 Å². The van der Waals surface area contributed by atoms with Crippen molar-refractivity contribution in [2.75, 3.05) is 6.54 Å². The number of phenols is 1. The predicted molar refractivity (Wildman–Crippen MR) is 117 cm³/mol. The van der Waals surface area contributed by atoms with Crippen molar-refractivity contribution < 1.29 is 5.11 Å². The van der Waals surface area contributed by atoms with Gasteiger partial charge in [-0.25, -0.2) is 0 Å². The normalized spacial score (nSPS) is 13.4. The van der Waals surface area contributed by atoms with E-state index in [2.05, 4.69) is 85.5 Å². The summed E-state index contributed by atoms with van der Waals surface area (Å²) in [5.74, 6) is 1.27. The zero-order chi connectivity index (χ0) is 19.8. The molecule has 146 valence electrons. The largest absolute Gasteiger partial charge is 0.508 e. The molecule has 3 aromatic rings. The van der Waals surface area contributed by atoms with Gasteiger partial charge in [-0.05, 0) is 47.1 Å². The number of nitrogens with zero attached hydrogens (tertiary/aromatic N) is 1.